The molecule has 2 rings (SSSR count). The van der Waals surface area contributed by atoms with Gasteiger partial charge in [0.1, 0.15) is 12.4 Å². The van der Waals surface area contributed by atoms with E-state index in [-0.39, 0.29) is 18.1 Å². The van der Waals surface area contributed by atoms with Gasteiger partial charge in [-0.2, -0.15) is 13.2 Å². The van der Waals surface area contributed by atoms with Gasteiger partial charge in [-0.05, 0) is 37.2 Å². The van der Waals surface area contributed by atoms with Crippen LogP contribution in [0.3, 0.4) is 0 Å². The summed E-state index contributed by atoms with van der Waals surface area (Å²) < 4.78 is 69.6. The number of benzene rings is 1. The van der Waals surface area contributed by atoms with Crippen LogP contribution in [-0.2, 0) is 11.3 Å². The van der Waals surface area contributed by atoms with Gasteiger partial charge in [0, 0.05) is 11.5 Å². The third kappa shape index (κ3) is 6.38. The summed E-state index contributed by atoms with van der Waals surface area (Å²) in [6.45, 7) is 0.567. The molecule has 0 N–H and O–H groups in total. The van der Waals surface area contributed by atoms with Crippen LogP contribution in [0, 0.1) is 11.8 Å². The van der Waals surface area contributed by atoms with Crippen molar-refractivity contribution >= 4 is 5.83 Å². The Bertz CT molecular complexity index is 583. The van der Waals surface area contributed by atoms with Crippen LogP contribution >= 0.6 is 0 Å². The van der Waals surface area contributed by atoms with Crippen LogP contribution in [0.15, 0.2) is 30.1 Å². The second kappa shape index (κ2) is 9.49. The summed E-state index contributed by atoms with van der Waals surface area (Å²) in [5.41, 5.74) is 0.587. The second-order valence-corrected chi connectivity index (χ2v) is 6.97. The highest BCUT2D eigenvalue weighted by atomic mass is 19.4. The van der Waals surface area contributed by atoms with E-state index < -0.39 is 24.4 Å². The first-order chi connectivity index (χ1) is 12.3. The Kier molecular flexibility index (Phi) is 7.62. The molecule has 1 aliphatic carbocycles. The minimum absolute atomic E-state index is 0.109. The summed E-state index contributed by atoms with van der Waals surface area (Å²) in [7, 11) is 0. The van der Waals surface area contributed by atoms with Crippen LogP contribution in [0.25, 0.3) is 5.83 Å². The van der Waals surface area contributed by atoms with Crippen LogP contribution in [-0.4, -0.2) is 12.8 Å². The fraction of sp³-hybridized carbons (Fsp3) is 0.600. The minimum atomic E-state index is -4.38. The molecule has 0 aliphatic heterocycles. The van der Waals surface area contributed by atoms with E-state index in [1.54, 1.807) is 0 Å². The molecule has 0 unspecified atom stereocenters. The van der Waals surface area contributed by atoms with Crippen molar-refractivity contribution in [2.24, 2.45) is 11.8 Å². The van der Waals surface area contributed by atoms with Crippen LogP contribution in [0.5, 0.6) is 0 Å². The first-order valence-corrected chi connectivity index (χ1v) is 9.09. The Morgan fingerprint density at radius 3 is 2.19 bits per heavy atom. The molecule has 0 amide bonds. The van der Waals surface area contributed by atoms with Crippen molar-refractivity contribution in [3.63, 3.8) is 0 Å². The first-order valence-electron chi connectivity index (χ1n) is 9.09. The van der Waals surface area contributed by atoms with Crippen molar-refractivity contribution in [1.29, 1.82) is 0 Å². The SMILES string of the molecule is CCCC1CCC(/C(F)=C(\F)c2ccc(COCC(F)(F)F)cc2)CC1. The lowest BCUT2D eigenvalue weighted by Gasteiger charge is -2.27. The lowest BCUT2D eigenvalue weighted by atomic mass is 9.79. The smallest absolute Gasteiger partial charge is 0.367 e. The molecular weight excluding hydrogens is 351 g/mol. The largest absolute Gasteiger partial charge is 0.411 e. The molecule has 146 valence electrons. The molecule has 1 fully saturated rings. The standard InChI is InChI=1S/C20H25F5O/c1-2-3-14-4-8-16(9-5-14)18(21)19(22)17-10-6-15(7-11-17)12-26-13-20(23,24)25/h6-7,10-11,14,16H,2-5,8-9,12-13H2,1H3/b19-18+. The molecule has 0 heterocycles. The summed E-state index contributed by atoms with van der Waals surface area (Å²) >= 11 is 0. The van der Waals surface area contributed by atoms with E-state index in [0.717, 1.165) is 25.7 Å². The van der Waals surface area contributed by atoms with Crippen LogP contribution in [0.2, 0.25) is 0 Å². The summed E-state index contributed by atoms with van der Waals surface area (Å²) in [4.78, 5) is 0. The zero-order valence-corrected chi connectivity index (χ0v) is 14.9. The van der Waals surface area contributed by atoms with E-state index >= 15 is 0 Å². The Morgan fingerprint density at radius 1 is 1.04 bits per heavy atom. The van der Waals surface area contributed by atoms with E-state index in [1.807, 2.05) is 0 Å². The molecule has 1 saturated carbocycles. The number of rotatable bonds is 7. The van der Waals surface area contributed by atoms with E-state index in [0.29, 0.717) is 24.3 Å². The maximum absolute atomic E-state index is 14.5. The third-order valence-corrected chi connectivity index (χ3v) is 4.85. The zero-order valence-electron chi connectivity index (χ0n) is 14.9. The van der Waals surface area contributed by atoms with Crippen molar-refractivity contribution < 1.29 is 26.7 Å². The van der Waals surface area contributed by atoms with Crippen molar-refractivity contribution in [2.75, 3.05) is 6.61 Å². The molecule has 1 nitrogen and oxygen atoms in total. The Morgan fingerprint density at radius 2 is 1.65 bits per heavy atom. The number of hydrogen-bond donors (Lipinski definition) is 0. The summed E-state index contributed by atoms with van der Waals surface area (Å²) in [5.74, 6) is -1.34. The minimum Gasteiger partial charge on any atom is -0.367 e. The predicted octanol–water partition coefficient (Wildman–Crippen LogP) is 6.98. The van der Waals surface area contributed by atoms with Gasteiger partial charge in [0.25, 0.3) is 0 Å². The predicted molar refractivity (Wildman–Crippen MR) is 91.6 cm³/mol. The fourth-order valence-electron chi connectivity index (χ4n) is 3.46. The molecule has 0 bridgehead atoms. The van der Waals surface area contributed by atoms with E-state index in [1.165, 1.54) is 24.3 Å². The average molecular weight is 376 g/mol. The molecule has 0 radical (unpaired) electrons. The monoisotopic (exact) mass is 376 g/mol. The number of ether oxygens (including phenoxy) is 1. The maximum atomic E-state index is 14.5. The van der Waals surface area contributed by atoms with Crippen molar-refractivity contribution in [3.05, 3.63) is 41.2 Å². The van der Waals surface area contributed by atoms with Gasteiger partial charge < -0.3 is 4.74 Å². The molecular formula is C20H25F5O. The molecule has 1 aromatic rings. The third-order valence-electron chi connectivity index (χ3n) is 4.85. The average Bonchev–Trinajstić information content (AvgIpc) is 2.61. The van der Waals surface area contributed by atoms with Crippen molar-refractivity contribution in [3.8, 4) is 0 Å². The van der Waals surface area contributed by atoms with E-state index in [2.05, 4.69) is 11.7 Å². The van der Waals surface area contributed by atoms with Crippen molar-refractivity contribution in [2.45, 2.75) is 58.2 Å². The van der Waals surface area contributed by atoms with E-state index in [9.17, 15) is 22.0 Å². The number of halogens is 5. The molecule has 6 heteroatoms. The summed E-state index contributed by atoms with van der Waals surface area (Å²) in [6.07, 6.45) is 1.04. The molecule has 1 aromatic carbocycles. The Hall–Kier alpha value is -1.43. The number of alkyl halides is 3. The Balaban J connectivity index is 1.93. The molecule has 0 aromatic heterocycles. The normalized spacial score (nSPS) is 22.2. The lowest BCUT2D eigenvalue weighted by Crippen LogP contribution is -2.16. The van der Waals surface area contributed by atoms with E-state index in [4.69, 9.17) is 0 Å². The molecule has 0 spiro atoms. The summed E-state index contributed by atoms with van der Waals surface area (Å²) in [6, 6.07) is 5.67. The van der Waals surface area contributed by atoms with Gasteiger partial charge in [-0.25, -0.2) is 8.78 Å². The zero-order chi connectivity index (χ0) is 19.2. The highest BCUT2D eigenvalue weighted by Crippen LogP contribution is 2.39. The van der Waals surface area contributed by atoms with Gasteiger partial charge in [-0.1, -0.05) is 44.0 Å². The number of hydrogen-bond acceptors (Lipinski definition) is 1. The molecule has 0 saturated heterocycles. The number of allylic oxidation sites excluding steroid dienone is 1. The highest BCUT2D eigenvalue weighted by molar-refractivity contribution is 5.61. The van der Waals surface area contributed by atoms with Crippen LogP contribution in [0.1, 0.15) is 56.6 Å². The Labute approximate surface area is 151 Å². The van der Waals surface area contributed by atoms with Crippen molar-refractivity contribution in [1.82, 2.24) is 0 Å². The van der Waals surface area contributed by atoms with Gasteiger partial charge in [-0.15, -0.1) is 0 Å². The van der Waals surface area contributed by atoms with Gasteiger partial charge in [0.15, 0.2) is 5.83 Å². The van der Waals surface area contributed by atoms with Crippen LogP contribution in [0.4, 0.5) is 22.0 Å². The topological polar surface area (TPSA) is 9.23 Å². The second-order valence-electron chi connectivity index (χ2n) is 6.97. The molecule has 26 heavy (non-hydrogen) atoms. The lowest BCUT2D eigenvalue weighted by molar-refractivity contribution is -0.176. The highest BCUT2D eigenvalue weighted by Gasteiger charge is 2.28. The quantitative estimate of drug-likeness (QED) is 0.467. The summed E-state index contributed by atoms with van der Waals surface area (Å²) in [5, 5.41) is 0. The molecule has 1 aliphatic rings. The molecule has 0 atom stereocenters. The van der Waals surface area contributed by atoms with Gasteiger partial charge >= 0.3 is 6.18 Å². The van der Waals surface area contributed by atoms with Crippen LogP contribution < -0.4 is 0 Å². The fourth-order valence-corrected chi connectivity index (χ4v) is 3.46. The van der Waals surface area contributed by atoms with Gasteiger partial charge in [-0.3, -0.25) is 0 Å². The van der Waals surface area contributed by atoms with Gasteiger partial charge in [0.2, 0.25) is 0 Å². The first kappa shape index (κ1) is 20.9. The van der Waals surface area contributed by atoms with Gasteiger partial charge in [0.05, 0.1) is 6.61 Å². The maximum Gasteiger partial charge on any atom is 0.411 e.